The van der Waals surface area contributed by atoms with Crippen LogP contribution in [0.1, 0.15) is 11.1 Å². The Morgan fingerprint density at radius 2 is 1.94 bits per heavy atom. The number of nitrogens with one attached hydrogen (secondary N) is 1. The summed E-state index contributed by atoms with van der Waals surface area (Å²) in [5, 5.41) is 3.29. The molecule has 0 unspecified atom stereocenters. The number of halogens is 1. The summed E-state index contributed by atoms with van der Waals surface area (Å²) in [6.07, 6.45) is 4.17. The quantitative estimate of drug-likeness (QED) is 0.850. The monoisotopic (exact) mass is 245 g/mol. The molecule has 3 N–H and O–H groups in total. The van der Waals surface area contributed by atoms with Crippen molar-refractivity contribution in [2.45, 2.75) is 13.0 Å². The minimum Gasteiger partial charge on any atom is -0.381 e. The molecule has 4 heteroatoms. The number of hydrogen-bond acceptors (Lipinski definition) is 3. The largest absolute Gasteiger partial charge is 0.381 e. The molecule has 0 aliphatic rings. The lowest BCUT2D eigenvalue weighted by atomic mass is 10.1. The molecule has 2 aromatic rings. The van der Waals surface area contributed by atoms with E-state index in [-0.39, 0.29) is 5.82 Å². The number of aromatic nitrogens is 1. The van der Waals surface area contributed by atoms with Crippen molar-refractivity contribution in [2.75, 3.05) is 11.9 Å². The summed E-state index contributed by atoms with van der Waals surface area (Å²) in [4.78, 5) is 3.97. The van der Waals surface area contributed by atoms with Gasteiger partial charge < -0.3 is 11.1 Å². The van der Waals surface area contributed by atoms with Crippen LogP contribution in [0.2, 0.25) is 0 Å². The fraction of sp³-hybridized carbons (Fsp3) is 0.214. The van der Waals surface area contributed by atoms with Crippen LogP contribution in [-0.2, 0) is 13.0 Å². The second-order valence-corrected chi connectivity index (χ2v) is 4.05. The zero-order valence-corrected chi connectivity index (χ0v) is 10.1. The van der Waals surface area contributed by atoms with Gasteiger partial charge in [-0.25, -0.2) is 4.39 Å². The molecule has 1 aromatic heterocycles. The van der Waals surface area contributed by atoms with E-state index in [1.165, 1.54) is 12.1 Å². The SMILES string of the molecule is NCCc1cc(F)ccc1NCc1ccncc1. The molecular weight excluding hydrogens is 229 g/mol. The summed E-state index contributed by atoms with van der Waals surface area (Å²) in [5.74, 6) is -0.229. The van der Waals surface area contributed by atoms with Crippen LogP contribution in [0.3, 0.4) is 0 Å². The van der Waals surface area contributed by atoms with Crippen LogP contribution in [0, 0.1) is 5.82 Å². The molecule has 0 atom stereocenters. The lowest BCUT2D eigenvalue weighted by Crippen LogP contribution is -2.07. The Bertz CT molecular complexity index is 500. The molecular formula is C14H16FN3. The van der Waals surface area contributed by atoms with E-state index in [0.29, 0.717) is 19.5 Å². The number of nitrogens with zero attached hydrogens (tertiary/aromatic N) is 1. The van der Waals surface area contributed by atoms with Crippen molar-refractivity contribution >= 4 is 5.69 Å². The second kappa shape index (κ2) is 6.12. The van der Waals surface area contributed by atoms with E-state index in [4.69, 9.17) is 5.73 Å². The van der Waals surface area contributed by atoms with Crippen LogP contribution in [0.15, 0.2) is 42.7 Å². The van der Waals surface area contributed by atoms with E-state index < -0.39 is 0 Å². The van der Waals surface area contributed by atoms with E-state index in [1.54, 1.807) is 18.5 Å². The molecule has 0 aliphatic heterocycles. The van der Waals surface area contributed by atoms with Gasteiger partial charge in [-0.3, -0.25) is 4.98 Å². The molecule has 0 radical (unpaired) electrons. The molecule has 3 nitrogen and oxygen atoms in total. The van der Waals surface area contributed by atoms with Gasteiger partial charge in [0.2, 0.25) is 0 Å². The average Bonchev–Trinajstić information content (AvgIpc) is 2.39. The lowest BCUT2D eigenvalue weighted by Gasteiger charge is -2.11. The molecule has 0 spiro atoms. The van der Waals surface area contributed by atoms with E-state index in [2.05, 4.69) is 10.3 Å². The average molecular weight is 245 g/mol. The maximum atomic E-state index is 13.2. The summed E-state index contributed by atoms with van der Waals surface area (Å²) < 4.78 is 13.2. The van der Waals surface area contributed by atoms with Gasteiger partial charge in [0, 0.05) is 24.6 Å². The maximum absolute atomic E-state index is 13.2. The van der Waals surface area contributed by atoms with Crippen molar-refractivity contribution in [1.29, 1.82) is 0 Å². The molecule has 0 amide bonds. The van der Waals surface area contributed by atoms with Gasteiger partial charge >= 0.3 is 0 Å². The minimum atomic E-state index is -0.229. The van der Waals surface area contributed by atoms with Crippen LogP contribution in [0.5, 0.6) is 0 Å². The van der Waals surface area contributed by atoms with Gasteiger partial charge in [0.05, 0.1) is 0 Å². The molecule has 18 heavy (non-hydrogen) atoms. The van der Waals surface area contributed by atoms with Crippen molar-refractivity contribution in [2.24, 2.45) is 5.73 Å². The van der Waals surface area contributed by atoms with Gasteiger partial charge in [0.15, 0.2) is 0 Å². The van der Waals surface area contributed by atoms with Gasteiger partial charge in [-0.2, -0.15) is 0 Å². The van der Waals surface area contributed by atoms with Gasteiger partial charge in [-0.05, 0) is 54.4 Å². The first-order chi connectivity index (χ1) is 8.79. The molecule has 1 heterocycles. The highest BCUT2D eigenvalue weighted by Crippen LogP contribution is 2.18. The Balaban J connectivity index is 2.09. The van der Waals surface area contributed by atoms with Crippen molar-refractivity contribution in [1.82, 2.24) is 4.98 Å². The number of rotatable bonds is 5. The van der Waals surface area contributed by atoms with Gasteiger partial charge in [-0.15, -0.1) is 0 Å². The molecule has 1 aromatic carbocycles. The van der Waals surface area contributed by atoms with Crippen LogP contribution in [0.4, 0.5) is 10.1 Å². The topological polar surface area (TPSA) is 50.9 Å². The first kappa shape index (κ1) is 12.5. The maximum Gasteiger partial charge on any atom is 0.123 e. The molecule has 2 rings (SSSR count). The molecule has 0 fully saturated rings. The Morgan fingerprint density at radius 3 is 2.67 bits per heavy atom. The first-order valence-electron chi connectivity index (χ1n) is 5.91. The second-order valence-electron chi connectivity index (χ2n) is 4.05. The van der Waals surface area contributed by atoms with Crippen LogP contribution >= 0.6 is 0 Å². The Morgan fingerprint density at radius 1 is 1.17 bits per heavy atom. The summed E-state index contributed by atoms with van der Waals surface area (Å²) in [6, 6.07) is 8.62. The van der Waals surface area contributed by atoms with E-state index in [1.807, 2.05) is 12.1 Å². The number of nitrogens with two attached hydrogens (primary N) is 1. The summed E-state index contributed by atoms with van der Waals surface area (Å²) in [7, 11) is 0. The molecule has 94 valence electrons. The number of benzene rings is 1. The Hall–Kier alpha value is -1.94. The fourth-order valence-electron chi connectivity index (χ4n) is 1.80. The highest BCUT2D eigenvalue weighted by Gasteiger charge is 2.03. The third kappa shape index (κ3) is 3.28. The van der Waals surface area contributed by atoms with Crippen molar-refractivity contribution in [3.8, 4) is 0 Å². The predicted octanol–water partition coefficient (Wildman–Crippen LogP) is 2.33. The van der Waals surface area contributed by atoms with Crippen LogP contribution < -0.4 is 11.1 Å². The zero-order valence-electron chi connectivity index (χ0n) is 10.1. The number of pyridine rings is 1. The standard InChI is InChI=1S/C14H16FN3/c15-13-1-2-14(12(9-13)3-6-16)18-10-11-4-7-17-8-5-11/h1-2,4-5,7-9,18H,3,6,10,16H2. The third-order valence-corrected chi connectivity index (χ3v) is 2.71. The fourth-order valence-corrected chi connectivity index (χ4v) is 1.80. The van der Waals surface area contributed by atoms with Crippen molar-refractivity contribution in [3.63, 3.8) is 0 Å². The van der Waals surface area contributed by atoms with Crippen LogP contribution in [-0.4, -0.2) is 11.5 Å². The Kier molecular flexibility index (Phi) is 4.25. The summed E-state index contributed by atoms with van der Waals surface area (Å²) >= 11 is 0. The molecule has 0 bridgehead atoms. The summed E-state index contributed by atoms with van der Waals surface area (Å²) in [5.41, 5.74) is 8.50. The van der Waals surface area contributed by atoms with E-state index in [9.17, 15) is 4.39 Å². The first-order valence-corrected chi connectivity index (χ1v) is 5.91. The highest BCUT2D eigenvalue weighted by atomic mass is 19.1. The van der Waals surface area contributed by atoms with Gasteiger partial charge in [0.25, 0.3) is 0 Å². The normalized spacial score (nSPS) is 10.3. The van der Waals surface area contributed by atoms with E-state index >= 15 is 0 Å². The molecule has 0 saturated carbocycles. The lowest BCUT2D eigenvalue weighted by molar-refractivity contribution is 0.625. The number of hydrogen-bond donors (Lipinski definition) is 2. The predicted molar refractivity (Wildman–Crippen MR) is 70.7 cm³/mol. The molecule has 0 saturated heterocycles. The van der Waals surface area contributed by atoms with Crippen molar-refractivity contribution < 1.29 is 4.39 Å². The van der Waals surface area contributed by atoms with Gasteiger partial charge in [0.1, 0.15) is 5.82 Å². The molecule has 0 aliphatic carbocycles. The van der Waals surface area contributed by atoms with E-state index in [0.717, 1.165) is 16.8 Å². The zero-order chi connectivity index (χ0) is 12.8. The van der Waals surface area contributed by atoms with Gasteiger partial charge in [-0.1, -0.05) is 0 Å². The smallest absolute Gasteiger partial charge is 0.123 e. The van der Waals surface area contributed by atoms with Crippen LogP contribution in [0.25, 0.3) is 0 Å². The Labute approximate surface area is 106 Å². The summed E-state index contributed by atoms with van der Waals surface area (Å²) in [6.45, 7) is 1.19. The third-order valence-electron chi connectivity index (χ3n) is 2.71. The van der Waals surface area contributed by atoms with Crippen molar-refractivity contribution in [3.05, 3.63) is 59.7 Å². The highest BCUT2D eigenvalue weighted by molar-refractivity contribution is 5.51. The minimum absolute atomic E-state index is 0.229. The number of anilines is 1.